The van der Waals surface area contributed by atoms with E-state index in [9.17, 15) is 4.79 Å². The Bertz CT molecular complexity index is 671. The van der Waals surface area contributed by atoms with Crippen LogP contribution in [0.25, 0.3) is 0 Å². The molecule has 1 N–H and O–H groups in total. The van der Waals surface area contributed by atoms with Gasteiger partial charge in [-0.25, -0.2) is 0 Å². The van der Waals surface area contributed by atoms with Gasteiger partial charge in [-0.3, -0.25) is 4.79 Å². The number of hydrogen-bond acceptors (Lipinski definition) is 1. The molecule has 2 aromatic rings. The van der Waals surface area contributed by atoms with E-state index in [2.05, 4.69) is 47.8 Å². The molecule has 6 rings (SSSR count). The van der Waals surface area contributed by atoms with E-state index in [4.69, 9.17) is 0 Å². The zero-order valence-corrected chi connectivity index (χ0v) is 13.4. The normalized spacial score (nSPS) is 13.8. The van der Waals surface area contributed by atoms with Gasteiger partial charge in [-0.05, 0) is 54.0 Å². The largest absolute Gasteiger partial charge is 0.326 e. The third-order valence-electron chi connectivity index (χ3n) is 4.36. The molecule has 0 radical (unpaired) electrons. The summed E-state index contributed by atoms with van der Waals surface area (Å²) in [6, 6.07) is 15.5. The molecule has 4 aliphatic carbocycles. The second-order valence-electron chi connectivity index (χ2n) is 6.45. The first-order valence-corrected chi connectivity index (χ1v) is 8.12. The van der Waals surface area contributed by atoms with Crippen molar-refractivity contribution in [2.45, 2.75) is 39.5 Å². The van der Waals surface area contributed by atoms with Crippen LogP contribution in [0.1, 0.15) is 36.1 Å². The standard InChI is InChI=1S/C20H23NO/c1-14(2)20(22)21-19-13-17-8-7-15-3-5-16(6-4-15)9-11-18(19)12-10-17/h3-6,10,12-14H,7-9,11H2,1-2H3,(H,21,22). The molecule has 0 saturated carbocycles. The van der Waals surface area contributed by atoms with Crippen LogP contribution >= 0.6 is 0 Å². The third-order valence-corrected chi connectivity index (χ3v) is 4.36. The molecular weight excluding hydrogens is 270 g/mol. The summed E-state index contributed by atoms with van der Waals surface area (Å²) in [7, 11) is 0. The topological polar surface area (TPSA) is 29.1 Å². The van der Waals surface area contributed by atoms with Crippen molar-refractivity contribution in [2.24, 2.45) is 5.92 Å². The summed E-state index contributed by atoms with van der Waals surface area (Å²) in [4.78, 5) is 12.1. The summed E-state index contributed by atoms with van der Waals surface area (Å²) in [6.07, 6.45) is 4.00. The smallest absolute Gasteiger partial charge is 0.226 e. The number of aryl methyl sites for hydroxylation is 4. The summed E-state index contributed by atoms with van der Waals surface area (Å²) < 4.78 is 0. The Morgan fingerprint density at radius 1 is 0.864 bits per heavy atom. The van der Waals surface area contributed by atoms with Crippen LogP contribution in [0, 0.1) is 5.92 Å². The van der Waals surface area contributed by atoms with Gasteiger partial charge in [0.2, 0.25) is 5.91 Å². The second-order valence-corrected chi connectivity index (χ2v) is 6.45. The molecule has 0 unspecified atom stereocenters. The van der Waals surface area contributed by atoms with Gasteiger partial charge in [0.1, 0.15) is 0 Å². The number of carbonyl (C=O) groups is 1. The Balaban J connectivity index is 1.92. The first kappa shape index (κ1) is 14.8. The summed E-state index contributed by atoms with van der Waals surface area (Å²) in [5.74, 6) is 0.0936. The van der Waals surface area contributed by atoms with Gasteiger partial charge in [0, 0.05) is 11.6 Å². The van der Waals surface area contributed by atoms with Gasteiger partial charge in [-0.1, -0.05) is 50.2 Å². The fourth-order valence-electron chi connectivity index (χ4n) is 2.83. The van der Waals surface area contributed by atoms with Gasteiger partial charge >= 0.3 is 0 Å². The van der Waals surface area contributed by atoms with Crippen molar-refractivity contribution >= 4 is 11.6 Å². The van der Waals surface area contributed by atoms with E-state index in [0.717, 1.165) is 31.4 Å². The Kier molecular flexibility index (Phi) is 4.28. The predicted molar refractivity (Wildman–Crippen MR) is 91.2 cm³/mol. The second kappa shape index (κ2) is 6.35. The number of anilines is 1. The molecule has 0 fully saturated rings. The third kappa shape index (κ3) is 3.38. The summed E-state index contributed by atoms with van der Waals surface area (Å²) in [6.45, 7) is 3.86. The maximum Gasteiger partial charge on any atom is 0.226 e. The molecule has 2 aromatic carbocycles. The van der Waals surface area contributed by atoms with Crippen molar-refractivity contribution in [3.05, 3.63) is 64.7 Å². The van der Waals surface area contributed by atoms with Crippen molar-refractivity contribution in [2.75, 3.05) is 5.32 Å². The van der Waals surface area contributed by atoms with Gasteiger partial charge in [-0.2, -0.15) is 0 Å². The SMILES string of the molecule is CC(C)C(=O)Nc1cc2ccc1CCc1ccc(cc1)CC2. The van der Waals surface area contributed by atoms with Crippen LogP contribution in [0.5, 0.6) is 0 Å². The molecule has 114 valence electrons. The lowest BCUT2D eigenvalue weighted by Crippen LogP contribution is -2.19. The van der Waals surface area contributed by atoms with Crippen LogP contribution in [0.4, 0.5) is 5.69 Å². The van der Waals surface area contributed by atoms with E-state index in [1.807, 2.05) is 13.8 Å². The van der Waals surface area contributed by atoms with E-state index in [1.54, 1.807) is 0 Å². The monoisotopic (exact) mass is 293 g/mol. The van der Waals surface area contributed by atoms with Crippen molar-refractivity contribution in [3.63, 3.8) is 0 Å². The Morgan fingerprint density at radius 2 is 1.41 bits per heavy atom. The average molecular weight is 293 g/mol. The van der Waals surface area contributed by atoms with E-state index in [0.29, 0.717) is 0 Å². The van der Waals surface area contributed by atoms with Crippen LogP contribution in [-0.2, 0) is 30.5 Å². The minimum absolute atomic E-state index is 0.00204. The number of hydrogen-bond donors (Lipinski definition) is 1. The molecule has 0 atom stereocenters. The molecule has 0 aliphatic heterocycles. The van der Waals surface area contributed by atoms with Crippen molar-refractivity contribution in [3.8, 4) is 0 Å². The van der Waals surface area contributed by atoms with Gasteiger partial charge in [0.15, 0.2) is 0 Å². The quantitative estimate of drug-likeness (QED) is 0.885. The Hall–Kier alpha value is -2.09. The van der Waals surface area contributed by atoms with Crippen LogP contribution in [-0.4, -0.2) is 5.91 Å². The highest BCUT2D eigenvalue weighted by Crippen LogP contribution is 2.23. The zero-order chi connectivity index (χ0) is 15.5. The minimum Gasteiger partial charge on any atom is -0.326 e. The van der Waals surface area contributed by atoms with E-state index < -0.39 is 0 Å². The summed E-state index contributed by atoms with van der Waals surface area (Å²) in [5, 5.41) is 3.11. The zero-order valence-electron chi connectivity index (χ0n) is 13.4. The predicted octanol–water partition coefficient (Wildman–Crippen LogP) is 4.16. The lowest BCUT2D eigenvalue weighted by Gasteiger charge is -2.16. The van der Waals surface area contributed by atoms with Crippen LogP contribution in [0.3, 0.4) is 0 Å². The first-order chi connectivity index (χ1) is 10.6. The van der Waals surface area contributed by atoms with Gasteiger partial charge in [0.05, 0.1) is 0 Å². The van der Waals surface area contributed by atoms with Crippen LogP contribution in [0.15, 0.2) is 42.5 Å². The fourth-order valence-corrected chi connectivity index (χ4v) is 2.83. The Morgan fingerprint density at radius 3 is 2.05 bits per heavy atom. The summed E-state index contributed by atoms with van der Waals surface area (Å²) >= 11 is 0. The molecular formula is C20H23NO. The minimum atomic E-state index is 0.00204. The van der Waals surface area contributed by atoms with Crippen LogP contribution < -0.4 is 5.32 Å². The molecule has 2 nitrogen and oxygen atoms in total. The maximum atomic E-state index is 12.1. The molecule has 2 heteroatoms. The molecule has 0 spiro atoms. The van der Waals surface area contributed by atoms with Gasteiger partial charge in [-0.15, -0.1) is 0 Å². The van der Waals surface area contributed by atoms with E-state index in [-0.39, 0.29) is 11.8 Å². The lowest BCUT2D eigenvalue weighted by atomic mass is 9.95. The highest BCUT2D eigenvalue weighted by atomic mass is 16.1. The molecule has 0 saturated heterocycles. The number of rotatable bonds is 2. The number of carbonyl (C=O) groups excluding carboxylic acids is 1. The summed E-state index contributed by atoms with van der Waals surface area (Å²) in [5.41, 5.74) is 6.23. The van der Waals surface area contributed by atoms with Crippen LogP contribution in [0.2, 0.25) is 0 Å². The molecule has 1 amide bonds. The maximum absolute atomic E-state index is 12.1. The molecule has 0 aromatic heterocycles. The van der Waals surface area contributed by atoms with E-state index in [1.165, 1.54) is 22.3 Å². The first-order valence-electron chi connectivity index (χ1n) is 8.12. The van der Waals surface area contributed by atoms with E-state index >= 15 is 0 Å². The molecule has 22 heavy (non-hydrogen) atoms. The van der Waals surface area contributed by atoms with Gasteiger partial charge < -0.3 is 5.32 Å². The molecule has 4 aliphatic rings. The Labute approximate surface area is 132 Å². The van der Waals surface area contributed by atoms with Crippen molar-refractivity contribution in [1.82, 2.24) is 0 Å². The van der Waals surface area contributed by atoms with Crippen molar-refractivity contribution < 1.29 is 4.79 Å². The number of nitrogens with one attached hydrogen (secondary N) is 1. The highest BCUT2D eigenvalue weighted by Gasteiger charge is 2.12. The molecule has 4 bridgehead atoms. The highest BCUT2D eigenvalue weighted by molar-refractivity contribution is 5.92. The van der Waals surface area contributed by atoms with Gasteiger partial charge in [0.25, 0.3) is 0 Å². The number of amides is 1. The number of benzene rings is 2. The fraction of sp³-hybridized carbons (Fsp3) is 0.350. The average Bonchev–Trinajstić information content (AvgIpc) is 2.50. The lowest BCUT2D eigenvalue weighted by molar-refractivity contribution is -0.118. The van der Waals surface area contributed by atoms with Crippen molar-refractivity contribution in [1.29, 1.82) is 0 Å². The molecule has 0 heterocycles.